The Kier molecular flexibility index (Phi) is 7.59. The first-order chi connectivity index (χ1) is 16.5. The molecule has 2 heterocycles. The van der Waals surface area contributed by atoms with Gasteiger partial charge in [-0.15, -0.1) is 5.92 Å². The second-order valence-corrected chi connectivity index (χ2v) is 10.3. The van der Waals surface area contributed by atoms with Crippen LogP contribution in [0.2, 0.25) is 5.15 Å². The maximum absolute atomic E-state index is 13.2. The Morgan fingerprint density at radius 2 is 1.67 bits per heavy atom. The lowest BCUT2D eigenvalue weighted by molar-refractivity contribution is -0.376. The molecule has 1 unspecified atom stereocenters. The Hall–Kier alpha value is -2.53. The highest BCUT2D eigenvalue weighted by Gasteiger charge is 2.71. The summed E-state index contributed by atoms with van der Waals surface area (Å²) in [6.07, 6.45) is -10.9. The number of pyridine rings is 1. The summed E-state index contributed by atoms with van der Waals surface area (Å²) >= 11 is 5.87. The summed E-state index contributed by atoms with van der Waals surface area (Å²) in [5, 5.41) is 9.74. The number of sulfonamides is 1. The van der Waals surface area contributed by atoms with Crippen LogP contribution in [0.5, 0.6) is 0 Å². The van der Waals surface area contributed by atoms with E-state index in [0.717, 1.165) is 18.3 Å². The zero-order valence-electron chi connectivity index (χ0n) is 18.8. The molecule has 1 fully saturated rings. The van der Waals surface area contributed by atoms with Crippen molar-refractivity contribution < 1.29 is 39.9 Å². The SMILES string of the molecule is CC#CC1CN(S(=O)(=O)c2cnc(Cl)c(C)c2)CCN1c1ccc(C(O)(C(F)(F)F)C(F)(F)F)cc1. The van der Waals surface area contributed by atoms with E-state index in [-0.39, 0.29) is 35.4 Å². The van der Waals surface area contributed by atoms with Crippen LogP contribution in [-0.2, 0) is 15.6 Å². The van der Waals surface area contributed by atoms with Gasteiger partial charge in [-0.05, 0) is 37.6 Å². The van der Waals surface area contributed by atoms with E-state index in [0.29, 0.717) is 17.7 Å². The molecule has 1 aliphatic heterocycles. The van der Waals surface area contributed by atoms with Crippen LogP contribution in [0.3, 0.4) is 0 Å². The fraction of sp³-hybridized carbons (Fsp3) is 0.409. The number of anilines is 1. The maximum atomic E-state index is 13.2. The predicted octanol–water partition coefficient (Wildman–Crippen LogP) is 4.26. The van der Waals surface area contributed by atoms with Gasteiger partial charge < -0.3 is 10.0 Å². The summed E-state index contributed by atoms with van der Waals surface area (Å²) in [6.45, 7) is 2.99. The summed E-state index contributed by atoms with van der Waals surface area (Å²) in [5.41, 5.74) is -5.77. The highest BCUT2D eigenvalue weighted by atomic mass is 35.5. The third kappa shape index (κ3) is 5.00. The first kappa shape index (κ1) is 28.0. The molecule has 36 heavy (non-hydrogen) atoms. The monoisotopic (exact) mass is 555 g/mol. The Balaban J connectivity index is 1.90. The van der Waals surface area contributed by atoms with Crippen molar-refractivity contribution in [2.24, 2.45) is 0 Å². The van der Waals surface area contributed by atoms with Crippen LogP contribution in [0.1, 0.15) is 18.1 Å². The van der Waals surface area contributed by atoms with E-state index in [1.807, 2.05) is 0 Å². The van der Waals surface area contributed by atoms with Crippen LogP contribution in [0.4, 0.5) is 32.0 Å². The van der Waals surface area contributed by atoms with Crippen molar-refractivity contribution in [3.8, 4) is 11.8 Å². The third-order valence-electron chi connectivity index (χ3n) is 5.72. The van der Waals surface area contributed by atoms with Gasteiger partial charge in [0, 0.05) is 37.1 Å². The Morgan fingerprint density at radius 1 is 1.08 bits per heavy atom. The molecule has 1 saturated heterocycles. The van der Waals surface area contributed by atoms with Gasteiger partial charge >= 0.3 is 12.4 Å². The van der Waals surface area contributed by atoms with Crippen LogP contribution in [0.15, 0.2) is 41.4 Å². The first-order valence-electron chi connectivity index (χ1n) is 10.3. The molecule has 1 aromatic heterocycles. The molecular weight excluding hydrogens is 536 g/mol. The van der Waals surface area contributed by atoms with Crippen molar-refractivity contribution in [2.75, 3.05) is 24.5 Å². The van der Waals surface area contributed by atoms with Gasteiger partial charge in [-0.1, -0.05) is 29.7 Å². The number of aryl methyl sites for hydroxylation is 1. The fourth-order valence-electron chi connectivity index (χ4n) is 3.78. The van der Waals surface area contributed by atoms with Crippen molar-refractivity contribution in [1.29, 1.82) is 0 Å². The predicted molar refractivity (Wildman–Crippen MR) is 120 cm³/mol. The lowest BCUT2D eigenvalue weighted by Crippen LogP contribution is -2.55. The van der Waals surface area contributed by atoms with Gasteiger partial charge in [0.1, 0.15) is 16.1 Å². The van der Waals surface area contributed by atoms with Gasteiger partial charge in [0.15, 0.2) is 0 Å². The van der Waals surface area contributed by atoms with Crippen molar-refractivity contribution in [1.82, 2.24) is 9.29 Å². The molecule has 3 rings (SSSR count). The van der Waals surface area contributed by atoms with Crippen LogP contribution in [0, 0.1) is 18.8 Å². The fourth-order valence-corrected chi connectivity index (χ4v) is 5.35. The summed E-state index contributed by atoms with van der Waals surface area (Å²) in [7, 11) is -3.98. The summed E-state index contributed by atoms with van der Waals surface area (Å²) in [6, 6.07) is 3.70. The van der Waals surface area contributed by atoms with Gasteiger partial charge in [0.25, 0.3) is 5.60 Å². The minimum Gasteiger partial charge on any atom is -0.369 e. The van der Waals surface area contributed by atoms with Crippen molar-refractivity contribution in [3.05, 3.63) is 52.8 Å². The minimum atomic E-state index is -6.00. The number of halogens is 7. The number of hydrogen-bond donors (Lipinski definition) is 1. The normalized spacial score (nSPS) is 18.1. The molecule has 6 nitrogen and oxygen atoms in total. The zero-order valence-corrected chi connectivity index (χ0v) is 20.4. The molecule has 0 bridgehead atoms. The topological polar surface area (TPSA) is 73.7 Å². The van der Waals surface area contributed by atoms with Gasteiger partial charge in [0.2, 0.25) is 10.0 Å². The van der Waals surface area contributed by atoms with Crippen LogP contribution < -0.4 is 4.90 Å². The lowest BCUT2D eigenvalue weighted by Gasteiger charge is -2.40. The van der Waals surface area contributed by atoms with Crippen molar-refractivity contribution in [3.63, 3.8) is 0 Å². The number of piperazine rings is 1. The highest BCUT2D eigenvalue weighted by molar-refractivity contribution is 7.89. The Bertz CT molecular complexity index is 1270. The number of rotatable bonds is 4. The number of hydrogen-bond acceptors (Lipinski definition) is 5. The van der Waals surface area contributed by atoms with E-state index in [2.05, 4.69) is 16.8 Å². The van der Waals surface area contributed by atoms with E-state index in [1.165, 1.54) is 17.3 Å². The van der Waals surface area contributed by atoms with E-state index < -0.39 is 39.6 Å². The minimum absolute atomic E-state index is 0.0390. The molecule has 1 aromatic carbocycles. The number of nitrogens with zero attached hydrogens (tertiary/aromatic N) is 3. The van der Waals surface area contributed by atoms with Gasteiger partial charge in [-0.25, -0.2) is 13.4 Å². The smallest absolute Gasteiger partial charge is 0.369 e. The quantitative estimate of drug-likeness (QED) is 0.347. The average Bonchev–Trinajstić information content (AvgIpc) is 2.79. The molecule has 0 amide bonds. The molecule has 14 heteroatoms. The number of benzene rings is 1. The second kappa shape index (κ2) is 9.74. The third-order valence-corrected chi connectivity index (χ3v) is 7.94. The summed E-state index contributed by atoms with van der Waals surface area (Å²) < 4.78 is 106. The number of alkyl halides is 6. The van der Waals surface area contributed by atoms with E-state index in [4.69, 9.17) is 11.6 Å². The van der Waals surface area contributed by atoms with Crippen molar-refractivity contribution >= 4 is 27.3 Å². The highest BCUT2D eigenvalue weighted by Crippen LogP contribution is 2.50. The summed E-state index contributed by atoms with van der Waals surface area (Å²) in [5.74, 6) is 5.48. The van der Waals surface area contributed by atoms with Gasteiger partial charge in [-0.2, -0.15) is 30.6 Å². The molecule has 1 N–H and O–H groups in total. The van der Waals surface area contributed by atoms with Crippen LogP contribution in [-0.4, -0.2) is 60.8 Å². The molecule has 196 valence electrons. The summed E-state index contributed by atoms with van der Waals surface area (Å²) in [4.78, 5) is 5.35. The van der Waals surface area contributed by atoms with Gasteiger partial charge in [-0.3, -0.25) is 0 Å². The van der Waals surface area contributed by atoms with E-state index in [9.17, 15) is 39.9 Å². The first-order valence-corrected chi connectivity index (χ1v) is 12.1. The average molecular weight is 556 g/mol. The molecule has 1 aliphatic rings. The van der Waals surface area contributed by atoms with E-state index >= 15 is 0 Å². The van der Waals surface area contributed by atoms with Crippen LogP contribution >= 0.6 is 11.6 Å². The Labute approximate surface area is 208 Å². The van der Waals surface area contributed by atoms with Crippen LogP contribution in [0.25, 0.3) is 0 Å². The lowest BCUT2D eigenvalue weighted by atomic mass is 9.92. The van der Waals surface area contributed by atoms with E-state index in [1.54, 1.807) is 11.8 Å². The molecule has 0 saturated carbocycles. The standard InChI is InChI=1S/C22H20ClF6N3O3S/c1-3-4-17-13-31(36(34,35)18-11-14(2)19(23)30-12-18)9-10-32(17)16-7-5-15(6-8-16)20(33,21(24,25)26)22(27,28)29/h5-8,11-12,17,33H,9-10,13H2,1-2H3. The zero-order chi connectivity index (χ0) is 27.1. The number of aromatic nitrogens is 1. The molecule has 2 aromatic rings. The molecular formula is C22H20ClF6N3O3S. The molecule has 0 aliphatic carbocycles. The van der Waals surface area contributed by atoms with Crippen molar-refractivity contribution in [2.45, 2.75) is 42.7 Å². The Morgan fingerprint density at radius 3 is 2.17 bits per heavy atom. The molecule has 0 radical (unpaired) electrons. The number of aliphatic hydroxyl groups is 1. The second-order valence-electron chi connectivity index (χ2n) is 8.00. The largest absolute Gasteiger partial charge is 0.430 e. The molecule has 0 spiro atoms. The molecule has 1 atom stereocenters. The maximum Gasteiger partial charge on any atom is 0.430 e. The van der Waals surface area contributed by atoms with Gasteiger partial charge in [0.05, 0.1) is 0 Å².